The fraction of sp³-hybridized carbons (Fsp3) is 0.300. The van der Waals surface area contributed by atoms with Crippen molar-refractivity contribution in [2.45, 2.75) is 25.7 Å². The lowest BCUT2D eigenvalue weighted by molar-refractivity contribution is -0.129. The number of nitrogens with two attached hydrogens (primary N) is 1. The largest absolute Gasteiger partial charge is 0.397 e. The first-order valence-electron chi connectivity index (χ1n) is 8.97. The summed E-state index contributed by atoms with van der Waals surface area (Å²) < 4.78 is 0. The van der Waals surface area contributed by atoms with Gasteiger partial charge in [0.2, 0.25) is 5.91 Å². The fourth-order valence-corrected chi connectivity index (χ4v) is 4.17. The van der Waals surface area contributed by atoms with Gasteiger partial charge >= 0.3 is 0 Å². The zero-order chi connectivity index (χ0) is 18.8. The first kappa shape index (κ1) is 17.6. The summed E-state index contributed by atoms with van der Waals surface area (Å²) in [7, 11) is 0. The van der Waals surface area contributed by atoms with E-state index in [0.29, 0.717) is 24.5 Å². The maximum atomic E-state index is 12.8. The predicted octanol–water partition coefficient (Wildman–Crippen LogP) is 3.05. The highest BCUT2D eigenvalue weighted by atomic mass is 32.1. The van der Waals surface area contributed by atoms with Gasteiger partial charge in [0.1, 0.15) is 5.82 Å². The molecule has 0 bridgehead atoms. The average molecular weight is 379 g/mol. The van der Waals surface area contributed by atoms with Crippen molar-refractivity contribution < 1.29 is 4.79 Å². The highest BCUT2D eigenvalue weighted by Crippen LogP contribution is 2.28. The van der Waals surface area contributed by atoms with Crippen LogP contribution in [0.25, 0.3) is 10.6 Å². The number of nitrogens with zero attached hydrogens (tertiary/aromatic N) is 4. The third-order valence-electron chi connectivity index (χ3n) is 4.81. The van der Waals surface area contributed by atoms with E-state index in [1.807, 2.05) is 17.0 Å². The van der Waals surface area contributed by atoms with Crippen molar-refractivity contribution in [1.29, 1.82) is 0 Å². The first-order valence-corrected chi connectivity index (χ1v) is 9.78. The van der Waals surface area contributed by atoms with Crippen LogP contribution in [0.15, 0.2) is 42.7 Å². The number of nitrogen functional groups attached to an aromatic ring is 1. The Morgan fingerprint density at radius 1 is 1.26 bits per heavy atom. The van der Waals surface area contributed by atoms with E-state index in [0.717, 1.165) is 22.8 Å². The van der Waals surface area contributed by atoms with Crippen LogP contribution in [0.2, 0.25) is 0 Å². The summed E-state index contributed by atoms with van der Waals surface area (Å²) in [6.07, 6.45) is 4.59. The first-order chi connectivity index (χ1) is 13.1. The molecule has 1 saturated heterocycles. The lowest BCUT2D eigenvalue weighted by Gasteiger charge is -2.17. The molecule has 1 aliphatic rings. The Balaban J connectivity index is 1.47. The average Bonchev–Trinajstić information content (AvgIpc) is 3.34. The van der Waals surface area contributed by atoms with E-state index >= 15 is 0 Å². The molecule has 0 aliphatic carbocycles. The van der Waals surface area contributed by atoms with Crippen molar-refractivity contribution in [3.8, 4) is 10.6 Å². The summed E-state index contributed by atoms with van der Waals surface area (Å²) in [5.74, 6) is 1.05. The molecule has 6 nitrogen and oxygen atoms in total. The predicted molar refractivity (Wildman–Crippen MR) is 106 cm³/mol. The fourth-order valence-electron chi connectivity index (χ4n) is 3.34. The smallest absolute Gasteiger partial charge is 0.228 e. The number of anilines is 1. The lowest BCUT2D eigenvalue weighted by Crippen LogP contribution is -2.30. The third-order valence-corrected chi connectivity index (χ3v) is 5.84. The van der Waals surface area contributed by atoms with Gasteiger partial charge in [-0.25, -0.2) is 15.0 Å². The van der Waals surface area contributed by atoms with Gasteiger partial charge < -0.3 is 10.6 Å². The van der Waals surface area contributed by atoms with Gasteiger partial charge in [0, 0.05) is 36.3 Å². The molecule has 0 spiro atoms. The van der Waals surface area contributed by atoms with Crippen LogP contribution in [-0.2, 0) is 11.2 Å². The number of aryl methyl sites for hydroxylation is 1. The molecular weight excluding hydrogens is 358 g/mol. The van der Waals surface area contributed by atoms with Gasteiger partial charge in [-0.15, -0.1) is 11.3 Å². The molecule has 1 unspecified atom stereocenters. The molecule has 0 radical (unpaired) electrons. The Kier molecular flexibility index (Phi) is 4.85. The summed E-state index contributed by atoms with van der Waals surface area (Å²) in [6, 6.07) is 9.67. The molecular formula is C20H21N5OS. The van der Waals surface area contributed by atoms with Crippen molar-refractivity contribution in [3.63, 3.8) is 0 Å². The highest BCUT2D eigenvalue weighted by Gasteiger charge is 2.29. The van der Waals surface area contributed by atoms with Crippen molar-refractivity contribution in [3.05, 3.63) is 59.1 Å². The summed E-state index contributed by atoms with van der Waals surface area (Å²) in [6.45, 7) is 3.42. The van der Waals surface area contributed by atoms with E-state index in [4.69, 9.17) is 5.73 Å². The van der Waals surface area contributed by atoms with Crippen LogP contribution in [0.3, 0.4) is 0 Å². The Morgan fingerprint density at radius 3 is 2.81 bits per heavy atom. The molecule has 0 saturated carbocycles. The summed E-state index contributed by atoms with van der Waals surface area (Å²) in [5, 5.41) is 0. The quantitative estimate of drug-likeness (QED) is 0.753. The molecule has 138 valence electrons. The Bertz CT molecular complexity index is 956. The highest BCUT2D eigenvalue weighted by molar-refractivity contribution is 7.15. The molecule has 4 heterocycles. The Hall–Kier alpha value is -2.80. The van der Waals surface area contributed by atoms with Gasteiger partial charge in [-0.05, 0) is 43.7 Å². The summed E-state index contributed by atoms with van der Waals surface area (Å²) >= 11 is 1.68. The van der Waals surface area contributed by atoms with Crippen molar-refractivity contribution >= 4 is 22.9 Å². The standard InChI is InChI=1S/C20H21N5OS/c1-13-3-6-18(27-13)16-5-4-15(21)17(24-16)11-19(26)25-10-7-14(12-25)20-22-8-2-9-23-20/h2-6,8-9,14H,7,10-12,21H2,1H3. The van der Waals surface area contributed by atoms with Gasteiger partial charge in [0.05, 0.1) is 28.4 Å². The number of carbonyl (C=O) groups excluding carboxylic acids is 1. The third kappa shape index (κ3) is 3.83. The maximum absolute atomic E-state index is 12.8. The lowest BCUT2D eigenvalue weighted by atomic mass is 10.1. The van der Waals surface area contributed by atoms with E-state index in [1.165, 1.54) is 4.88 Å². The number of pyridine rings is 1. The van der Waals surface area contributed by atoms with Gasteiger partial charge in [0.15, 0.2) is 0 Å². The zero-order valence-corrected chi connectivity index (χ0v) is 15.9. The second-order valence-corrected chi connectivity index (χ2v) is 8.04. The Labute approximate surface area is 162 Å². The topological polar surface area (TPSA) is 85.0 Å². The SMILES string of the molecule is Cc1ccc(-c2ccc(N)c(CC(=O)N3CCC(c4ncccn4)C3)n2)s1. The van der Waals surface area contributed by atoms with Gasteiger partial charge in [-0.2, -0.15) is 0 Å². The van der Waals surface area contributed by atoms with E-state index in [9.17, 15) is 4.79 Å². The molecule has 3 aromatic heterocycles. The van der Waals surface area contributed by atoms with Crippen molar-refractivity contribution in [2.24, 2.45) is 0 Å². The normalized spacial score (nSPS) is 16.6. The van der Waals surface area contributed by atoms with Gasteiger partial charge in [-0.3, -0.25) is 4.79 Å². The minimum Gasteiger partial charge on any atom is -0.397 e. The molecule has 1 fully saturated rings. The van der Waals surface area contributed by atoms with E-state index in [-0.39, 0.29) is 18.2 Å². The van der Waals surface area contributed by atoms with Crippen LogP contribution in [0.5, 0.6) is 0 Å². The van der Waals surface area contributed by atoms with Gasteiger partial charge in [-0.1, -0.05) is 0 Å². The Morgan fingerprint density at radius 2 is 2.07 bits per heavy atom. The van der Waals surface area contributed by atoms with Crippen LogP contribution in [0, 0.1) is 6.92 Å². The molecule has 3 aromatic rings. The van der Waals surface area contributed by atoms with E-state index in [2.05, 4.69) is 34.0 Å². The second kappa shape index (κ2) is 7.44. The number of likely N-dealkylation sites (tertiary alicyclic amines) is 1. The molecule has 1 amide bonds. The number of amides is 1. The monoisotopic (exact) mass is 379 g/mol. The minimum absolute atomic E-state index is 0.0483. The number of hydrogen-bond donors (Lipinski definition) is 1. The molecule has 0 aromatic carbocycles. The van der Waals surface area contributed by atoms with Crippen LogP contribution in [0.1, 0.15) is 28.7 Å². The van der Waals surface area contributed by atoms with Crippen LogP contribution in [-0.4, -0.2) is 38.8 Å². The molecule has 1 atom stereocenters. The molecule has 1 aliphatic heterocycles. The van der Waals surface area contributed by atoms with Crippen molar-refractivity contribution in [2.75, 3.05) is 18.8 Å². The second-order valence-electron chi connectivity index (χ2n) is 6.75. The molecule has 7 heteroatoms. The molecule has 2 N–H and O–H groups in total. The number of rotatable bonds is 4. The van der Waals surface area contributed by atoms with Gasteiger partial charge in [0.25, 0.3) is 0 Å². The van der Waals surface area contributed by atoms with Crippen LogP contribution in [0.4, 0.5) is 5.69 Å². The maximum Gasteiger partial charge on any atom is 0.228 e. The number of aromatic nitrogens is 3. The number of carbonyl (C=O) groups is 1. The van der Waals surface area contributed by atoms with E-state index in [1.54, 1.807) is 29.8 Å². The summed E-state index contributed by atoms with van der Waals surface area (Å²) in [5.41, 5.74) is 8.15. The molecule has 27 heavy (non-hydrogen) atoms. The number of hydrogen-bond acceptors (Lipinski definition) is 6. The van der Waals surface area contributed by atoms with Crippen LogP contribution >= 0.6 is 11.3 Å². The summed E-state index contributed by atoms with van der Waals surface area (Å²) in [4.78, 5) is 30.3. The molecule has 4 rings (SSSR count). The number of thiophene rings is 1. The minimum atomic E-state index is 0.0483. The van der Waals surface area contributed by atoms with E-state index < -0.39 is 0 Å². The van der Waals surface area contributed by atoms with Crippen molar-refractivity contribution in [1.82, 2.24) is 19.9 Å². The van der Waals surface area contributed by atoms with Crippen LogP contribution < -0.4 is 5.73 Å². The zero-order valence-electron chi connectivity index (χ0n) is 15.1.